The average Bonchev–Trinajstić information content (AvgIpc) is 3.12. The van der Waals surface area contributed by atoms with E-state index in [9.17, 15) is 4.79 Å². The second-order valence-corrected chi connectivity index (χ2v) is 7.43. The number of likely N-dealkylation sites (tertiary alicyclic amines) is 1. The first-order valence-electron chi connectivity index (χ1n) is 8.40. The summed E-state index contributed by atoms with van der Waals surface area (Å²) in [6.07, 6.45) is 3.40. The maximum absolute atomic E-state index is 12.7. The van der Waals surface area contributed by atoms with Gasteiger partial charge in [-0.25, -0.2) is 10.1 Å². The minimum Gasteiger partial charge on any atom is -0.337 e. The Morgan fingerprint density at radius 3 is 2.83 bits per heavy atom. The fourth-order valence-electron chi connectivity index (χ4n) is 3.65. The number of piperidine rings is 1. The number of carbonyl (C=O) groups excluding carboxylic acids is 1. The van der Waals surface area contributed by atoms with Gasteiger partial charge in [0, 0.05) is 12.1 Å². The van der Waals surface area contributed by atoms with Crippen LogP contribution in [0.2, 0.25) is 0 Å². The predicted octanol–water partition coefficient (Wildman–Crippen LogP) is 3.09. The molecule has 2 aromatic heterocycles. The normalized spacial score (nSPS) is 21.7. The zero-order valence-electron chi connectivity index (χ0n) is 13.9. The molecule has 2 unspecified atom stereocenters. The fourth-order valence-corrected chi connectivity index (χ4v) is 4.48. The van der Waals surface area contributed by atoms with Crippen molar-refractivity contribution in [2.45, 2.75) is 50.4 Å². The highest BCUT2D eigenvalue weighted by Gasteiger charge is 2.29. The van der Waals surface area contributed by atoms with Crippen LogP contribution >= 0.6 is 11.8 Å². The van der Waals surface area contributed by atoms with Crippen molar-refractivity contribution in [3.8, 4) is 0 Å². The standard InChI is InChI=1S/C17H21N5OS/c1-11-6-5-7-12(2)21(11)15(23)10-24-17-20-19-16-18-13-8-3-4-9-14(13)22(16)17/h3-4,8-9,11-12H,5-7,10H2,1-2H3,(H,18,19). The van der Waals surface area contributed by atoms with Gasteiger partial charge in [0.25, 0.3) is 0 Å². The molecule has 126 valence electrons. The van der Waals surface area contributed by atoms with E-state index in [2.05, 4.69) is 29.0 Å². The average molecular weight is 343 g/mol. The molecule has 6 nitrogen and oxygen atoms in total. The molecule has 0 aliphatic carbocycles. The number of hydrogen-bond donors (Lipinski definition) is 1. The van der Waals surface area contributed by atoms with Crippen molar-refractivity contribution < 1.29 is 4.79 Å². The third-order valence-electron chi connectivity index (χ3n) is 4.81. The number of thioether (sulfide) groups is 1. The molecule has 0 saturated carbocycles. The van der Waals surface area contributed by atoms with Gasteiger partial charge in [-0.3, -0.25) is 9.20 Å². The Balaban J connectivity index is 1.55. The van der Waals surface area contributed by atoms with Gasteiger partial charge >= 0.3 is 0 Å². The van der Waals surface area contributed by atoms with Gasteiger partial charge in [-0.05, 0) is 45.2 Å². The number of aromatic amines is 1. The van der Waals surface area contributed by atoms with Gasteiger partial charge in [-0.2, -0.15) is 0 Å². The van der Waals surface area contributed by atoms with Crippen molar-refractivity contribution in [3.05, 3.63) is 24.3 Å². The van der Waals surface area contributed by atoms with Crippen LogP contribution in [0.1, 0.15) is 33.1 Å². The highest BCUT2D eigenvalue weighted by Crippen LogP contribution is 2.26. The number of aromatic nitrogens is 4. The number of nitrogens with zero attached hydrogens (tertiary/aromatic N) is 4. The van der Waals surface area contributed by atoms with Gasteiger partial charge in [0.15, 0.2) is 5.16 Å². The summed E-state index contributed by atoms with van der Waals surface area (Å²) >= 11 is 1.47. The Hall–Kier alpha value is -2.02. The van der Waals surface area contributed by atoms with E-state index < -0.39 is 0 Å². The molecular formula is C17H21N5OS. The lowest BCUT2D eigenvalue weighted by Gasteiger charge is -2.39. The Morgan fingerprint density at radius 2 is 2.04 bits per heavy atom. The quantitative estimate of drug-likeness (QED) is 0.742. The molecule has 0 bridgehead atoms. The van der Waals surface area contributed by atoms with Crippen LogP contribution in [0.5, 0.6) is 0 Å². The lowest BCUT2D eigenvalue weighted by atomic mass is 9.98. The summed E-state index contributed by atoms with van der Waals surface area (Å²) in [7, 11) is 0. The molecule has 1 fully saturated rings. The zero-order chi connectivity index (χ0) is 16.7. The molecular weight excluding hydrogens is 322 g/mol. The number of hydrogen-bond acceptors (Lipinski definition) is 4. The van der Waals surface area contributed by atoms with Crippen molar-refractivity contribution in [2.75, 3.05) is 5.75 Å². The van der Waals surface area contributed by atoms with Crippen molar-refractivity contribution in [1.82, 2.24) is 24.5 Å². The molecule has 0 spiro atoms. The van der Waals surface area contributed by atoms with Crippen molar-refractivity contribution in [2.24, 2.45) is 0 Å². The predicted molar refractivity (Wildman–Crippen MR) is 95.2 cm³/mol. The molecule has 1 aliphatic heterocycles. The number of amides is 1. The van der Waals surface area contributed by atoms with E-state index in [0.717, 1.165) is 29.0 Å². The second kappa shape index (κ2) is 6.12. The monoisotopic (exact) mass is 343 g/mol. The third-order valence-corrected chi connectivity index (χ3v) is 5.73. The van der Waals surface area contributed by atoms with Crippen molar-refractivity contribution >= 4 is 34.5 Å². The van der Waals surface area contributed by atoms with Gasteiger partial charge in [0.1, 0.15) is 0 Å². The molecule has 1 saturated heterocycles. The van der Waals surface area contributed by atoms with Crippen molar-refractivity contribution in [1.29, 1.82) is 0 Å². The number of imidazole rings is 1. The minimum atomic E-state index is 0.195. The maximum atomic E-state index is 12.7. The van der Waals surface area contributed by atoms with Crippen LogP contribution in [-0.2, 0) is 4.79 Å². The van der Waals surface area contributed by atoms with Crippen LogP contribution in [0, 0.1) is 0 Å². The molecule has 1 aromatic carbocycles. The largest absolute Gasteiger partial charge is 0.337 e. The topological polar surface area (TPSA) is 66.3 Å². The van der Waals surface area contributed by atoms with Crippen LogP contribution in [0.25, 0.3) is 16.8 Å². The molecule has 24 heavy (non-hydrogen) atoms. The zero-order valence-corrected chi connectivity index (χ0v) is 14.7. The number of H-pyrrole nitrogens is 1. The van der Waals surface area contributed by atoms with Crippen molar-refractivity contribution in [3.63, 3.8) is 0 Å². The number of carbonyl (C=O) groups is 1. The summed E-state index contributed by atoms with van der Waals surface area (Å²) in [4.78, 5) is 19.3. The molecule has 1 aliphatic rings. The fraction of sp³-hybridized carbons (Fsp3) is 0.471. The summed E-state index contributed by atoms with van der Waals surface area (Å²) < 4.78 is 1.98. The van der Waals surface area contributed by atoms with E-state index in [0.29, 0.717) is 23.6 Å². The number of rotatable bonds is 3. The van der Waals surface area contributed by atoms with Crippen LogP contribution in [0.3, 0.4) is 0 Å². The summed E-state index contributed by atoms with van der Waals surface area (Å²) in [5.41, 5.74) is 1.94. The summed E-state index contributed by atoms with van der Waals surface area (Å²) in [6, 6.07) is 8.61. The molecule has 3 heterocycles. The number of benzene rings is 1. The summed E-state index contributed by atoms with van der Waals surface area (Å²) in [6.45, 7) is 4.29. The third kappa shape index (κ3) is 2.56. The minimum absolute atomic E-state index is 0.195. The van der Waals surface area contributed by atoms with Crippen LogP contribution < -0.4 is 0 Å². The molecule has 1 N–H and O–H groups in total. The smallest absolute Gasteiger partial charge is 0.233 e. The van der Waals surface area contributed by atoms with Gasteiger partial charge in [0.2, 0.25) is 11.7 Å². The van der Waals surface area contributed by atoms with Crippen LogP contribution in [0.15, 0.2) is 29.4 Å². The molecule has 2 atom stereocenters. The lowest BCUT2D eigenvalue weighted by Crippen LogP contribution is -2.48. The van der Waals surface area contributed by atoms with Crippen LogP contribution in [0.4, 0.5) is 0 Å². The van der Waals surface area contributed by atoms with E-state index in [1.807, 2.05) is 33.6 Å². The number of fused-ring (bicyclic) bond motifs is 3. The second-order valence-electron chi connectivity index (χ2n) is 6.48. The maximum Gasteiger partial charge on any atom is 0.233 e. The van der Waals surface area contributed by atoms with E-state index >= 15 is 0 Å². The molecule has 1 amide bonds. The molecule has 3 aromatic rings. The lowest BCUT2D eigenvalue weighted by molar-refractivity contribution is -0.134. The van der Waals surface area contributed by atoms with Gasteiger partial charge in [-0.1, -0.05) is 23.9 Å². The number of para-hydroxylation sites is 2. The first-order valence-corrected chi connectivity index (χ1v) is 9.39. The molecule has 7 heteroatoms. The van der Waals surface area contributed by atoms with Gasteiger partial charge in [-0.15, -0.1) is 5.10 Å². The first-order chi connectivity index (χ1) is 11.6. The molecule has 4 rings (SSSR count). The summed E-state index contributed by atoms with van der Waals surface area (Å²) in [5, 5.41) is 8.06. The van der Waals surface area contributed by atoms with E-state index in [1.165, 1.54) is 18.2 Å². The number of nitrogens with one attached hydrogen (secondary N) is 1. The first kappa shape index (κ1) is 15.5. The SMILES string of the molecule is CC1CCCC(C)N1C(=O)CSc1n[nH]c2nc3ccccc3n12. The van der Waals surface area contributed by atoms with E-state index in [4.69, 9.17) is 0 Å². The Labute approximate surface area is 144 Å². The Morgan fingerprint density at radius 1 is 1.29 bits per heavy atom. The highest BCUT2D eigenvalue weighted by molar-refractivity contribution is 7.99. The summed E-state index contributed by atoms with van der Waals surface area (Å²) in [5.74, 6) is 1.31. The highest BCUT2D eigenvalue weighted by atomic mass is 32.2. The van der Waals surface area contributed by atoms with Crippen LogP contribution in [-0.4, -0.2) is 48.2 Å². The van der Waals surface area contributed by atoms with E-state index in [1.54, 1.807) is 0 Å². The van der Waals surface area contributed by atoms with Gasteiger partial charge < -0.3 is 4.90 Å². The van der Waals surface area contributed by atoms with E-state index in [-0.39, 0.29) is 5.91 Å². The Bertz CT molecular complexity index is 876. The Kier molecular flexibility index (Phi) is 3.96. The molecule has 0 radical (unpaired) electrons. The van der Waals surface area contributed by atoms with Gasteiger partial charge in [0.05, 0.1) is 16.8 Å².